The summed E-state index contributed by atoms with van der Waals surface area (Å²) < 4.78 is 16.0. The molecular formula is C20H23NO5. The standard InChI is InChI=1S/C20H23NO5/c1-4-8-15(21-13-9-6-5-7-10-13)20-12-11-14(26-20)16(18(22)24-2)17(20)19(23)25-3/h5-7,9-12,14-15,21H,4,8H2,1-3H3/t14?,15-,20?/m0/s1. The predicted octanol–water partition coefficient (Wildman–Crippen LogP) is 2.62. The van der Waals surface area contributed by atoms with Gasteiger partial charge in [0, 0.05) is 5.69 Å². The molecule has 0 spiro atoms. The Hall–Kier alpha value is -2.60. The van der Waals surface area contributed by atoms with Gasteiger partial charge in [-0.25, -0.2) is 9.59 Å². The monoisotopic (exact) mass is 357 g/mol. The Bertz CT molecular complexity index is 755. The van der Waals surface area contributed by atoms with Crippen LogP contribution >= 0.6 is 0 Å². The first-order valence-corrected chi connectivity index (χ1v) is 8.67. The first-order valence-electron chi connectivity index (χ1n) is 8.67. The summed E-state index contributed by atoms with van der Waals surface area (Å²) in [6.45, 7) is 2.06. The van der Waals surface area contributed by atoms with E-state index in [0.29, 0.717) is 0 Å². The van der Waals surface area contributed by atoms with Crippen LogP contribution in [0.4, 0.5) is 5.69 Å². The van der Waals surface area contributed by atoms with Crippen molar-refractivity contribution in [3.05, 3.63) is 53.6 Å². The molecule has 1 aromatic carbocycles. The summed E-state index contributed by atoms with van der Waals surface area (Å²) >= 11 is 0. The molecule has 6 heteroatoms. The van der Waals surface area contributed by atoms with Gasteiger partial charge in [0.05, 0.1) is 31.4 Å². The molecule has 0 radical (unpaired) electrons. The van der Waals surface area contributed by atoms with Crippen LogP contribution in [0.3, 0.4) is 0 Å². The van der Waals surface area contributed by atoms with Crippen LogP contribution in [-0.4, -0.2) is 43.9 Å². The molecule has 0 saturated carbocycles. The number of carbonyl (C=O) groups is 2. The van der Waals surface area contributed by atoms with Gasteiger partial charge in [0.25, 0.3) is 0 Å². The molecule has 138 valence electrons. The molecule has 0 fully saturated rings. The van der Waals surface area contributed by atoms with Crippen molar-refractivity contribution in [2.45, 2.75) is 37.5 Å². The van der Waals surface area contributed by atoms with E-state index in [1.807, 2.05) is 36.4 Å². The zero-order valence-corrected chi connectivity index (χ0v) is 15.2. The first kappa shape index (κ1) is 18.2. The summed E-state index contributed by atoms with van der Waals surface area (Å²) in [4.78, 5) is 24.9. The lowest BCUT2D eigenvalue weighted by atomic mass is 9.79. The Morgan fingerprint density at radius 3 is 2.50 bits per heavy atom. The van der Waals surface area contributed by atoms with Crippen LogP contribution in [0.25, 0.3) is 0 Å². The number of benzene rings is 1. The van der Waals surface area contributed by atoms with Gasteiger partial charge in [0.15, 0.2) is 0 Å². The van der Waals surface area contributed by atoms with Gasteiger partial charge in [0.2, 0.25) is 0 Å². The Kier molecular flexibility index (Phi) is 5.13. The summed E-state index contributed by atoms with van der Waals surface area (Å²) in [6, 6.07) is 9.46. The highest BCUT2D eigenvalue weighted by Gasteiger charge is 2.58. The minimum atomic E-state index is -1.06. The zero-order chi connectivity index (χ0) is 18.7. The number of carbonyl (C=O) groups excluding carboxylic acids is 2. The van der Waals surface area contributed by atoms with E-state index in [9.17, 15) is 9.59 Å². The van der Waals surface area contributed by atoms with Crippen molar-refractivity contribution in [3.63, 3.8) is 0 Å². The molecule has 6 nitrogen and oxygen atoms in total. The number of para-hydroxylation sites is 1. The van der Waals surface area contributed by atoms with E-state index in [2.05, 4.69) is 12.2 Å². The molecule has 1 aromatic rings. The van der Waals surface area contributed by atoms with Crippen LogP contribution in [0.2, 0.25) is 0 Å². The number of fused-ring (bicyclic) bond motifs is 2. The molecular weight excluding hydrogens is 334 g/mol. The van der Waals surface area contributed by atoms with Crippen LogP contribution in [-0.2, 0) is 23.8 Å². The Morgan fingerprint density at radius 2 is 1.88 bits per heavy atom. The maximum Gasteiger partial charge on any atom is 0.337 e. The number of methoxy groups -OCH3 is 2. The lowest BCUT2D eigenvalue weighted by Crippen LogP contribution is -2.48. The van der Waals surface area contributed by atoms with Crippen molar-refractivity contribution < 1.29 is 23.8 Å². The number of ether oxygens (including phenoxy) is 3. The molecule has 26 heavy (non-hydrogen) atoms. The summed E-state index contributed by atoms with van der Waals surface area (Å²) in [5, 5.41) is 3.46. The predicted molar refractivity (Wildman–Crippen MR) is 96.6 cm³/mol. The van der Waals surface area contributed by atoms with Crippen LogP contribution < -0.4 is 5.32 Å². The number of nitrogens with one attached hydrogen (secondary N) is 1. The molecule has 2 bridgehead atoms. The third-order valence-electron chi connectivity index (χ3n) is 4.79. The highest BCUT2D eigenvalue weighted by molar-refractivity contribution is 6.05. The van der Waals surface area contributed by atoms with Crippen LogP contribution in [0.15, 0.2) is 53.6 Å². The lowest BCUT2D eigenvalue weighted by Gasteiger charge is -2.35. The molecule has 3 rings (SSSR count). The number of rotatable bonds is 7. The van der Waals surface area contributed by atoms with Crippen molar-refractivity contribution in [3.8, 4) is 0 Å². The van der Waals surface area contributed by atoms with E-state index in [-0.39, 0.29) is 17.2 Å². The van der Waals surface area contributed by atoms with Gasteiger partial charge in [-0.3, -0.25) is 0 Å². The number of esters is 2. The summed E-state index contributed by atoms with van der Waals surface area (Å²) in [6.07, 6.45) is 4.66. The highest BCUT2D eigenvalue weighted by atomic mass is 16.6. The van der Waals surface area contributed by atoms with Crippen molar-refractivity contribution >= 4 is 17.6 Å². The molecule has 1 N–H and O–H groups in total. The second-order valence-electron chi connectivity index (χ2n) is 6.31. The van der Waals surface area contributed by atoms with Gasteiger partial charge in [-0.2, -0.15) is 0 Å². The van der Waals surface area contributed by atoms with Crippen molar-refractivity contribution in [1.29, 1.82) is 0 Å². The highest BCUT2D eigenvalue weighted by Crippen LogP contribution is 2.47. The van der Waals surface area contributed by atoms with E-state index in [0.717, 1.165) is 18.5 Å². The van der Waals surface area contributed by atoms with Crippen molar-refractivity contribution in [2.24, 2.45) is 0 Å². The minimum Gasteiger partial charge on any atom is -0.466 e. The van der Waals surface area contributed by atoms with E-state index in [1.54, 1.807) is 6.08 Å². The first-order chi connectivity index (χ1) is 12.6. The topological polar surface area (TPSA) is 73.9 Å². The number of hydrogen-bond donors (Lipinski definition) is 1. The smallest absolute Gasteiger partial charge is 0.337 e. The molecule has 0 aromatic heterocycles. The molecule has 2 heterocycles. The number of anilines is 1. The Morgan fingerprint density at radius 1 is 1.19 bits per heavy atom. The molecule has 3 atom stereocenters. The third-order valence-corrected chi connectivity index (χ3v) is 4.79. The molecule has 2 aliphatic rings. The Labute approximate surface area is 152 Å². The summed E-state index contributed by atoms with van der Waals surface area (Å²) in [7, 11) is 2.59. The van der Waals surface area contributed by atoms with Crippen LogP contribution in [0.5, 0.6) is 0 Å². The van der Waals surface area contributed by atoms with Crippen LogP contribution in [0, 0.1) is 0 Å². The van der Waals surface area contributed by atoms with Gasteiger partial charge in [-0.05, 0) is 24.6 Å². The Balaban J connectivity index is 2.06. The van der Waals surface area contributed by atoms with Gasteiger partial charge < -0.3 is 19.5 Å². The molecule has 2 unspecified atom stereocenters. The molecule has 0 saturated heterocycles. The normalized spacial score (nSPS) is 24.5. The fourth-order valence-electron chi connectivity index (χ4n) is 3.66. The van der Waals surface area contributed by atoms with Gasteiger partial charge in [-0.15, -0.1) is 0 Å². The van der Waals surface area contributed by atoms with E-state index < -0.39 is 23.6 Å². The maximum atomic E-state index is 12.6. The maximum absolute atomic E-state index is 12.6. The summed E-state index contributed by atoms with van der Waals surface area (Å²) in [5.41, 5.74) is 0.295. The van der Waals surface area contributed by atoms with Crippen molar-refractivity contribution in [1.82, 2.24) is 0 Å². The third kappa shape index (κ3) is 2.90. The van der Waals surface area contributed by atoms with Gasteiger partial charge >= 0.3 is 11.9 Å². The fraction of sp³-hybridized carbons (Fsp3) is 0.400. The van der Waals surface area contributed by atoms with E-state index >= 15 is 0 Å². The van der Waals surface area contributed by atoms with Gasteiger partial charge in [-0.1, -0.05) is 37.6 Å². The van der Waals surface area contributed by atoms with Gasteiger partial charge in [0.1, 0.15) is 11.7 Å². The SMILES string of the molecule is CCC[C@H](Nc1ccccc1)C12C=CC(O1)C(C(=O)OC)=C2C(=O)OC. The second-order valence-corrected chi connectivity index (χ2v) is 6.31. The molecule has 2 aliphatic heterocycles. The average molecular weight is 357 g/mol. The second kappa shape index (κ2) is 7.33. The van der Waals surface area contributed by atoms with Crippen LogP contribution in [0.1, 0.15) is 19.8 Å². The largest absolute Gasteiger partial charge is 0.466 e. The zero-order valence-electron chi connectivity index (χ0n) is 15.2. The summed E-state index contributed by atoms with van der Waals surface area (Å²) in [5.74, 6) is -1.15. The number of hydrogen-bond acceptors (Lipinski definition) is 6. The minimum absolute atomic E-state index is 0.220. The van der Waals surface area contributed by atoms with Crippen molar-refractivity contribution in [2.75, 3.05) is 19.5 Å². The quantitative estimate of drug-likeness (QED) is 0.597. The lowest BCUT2D eigenvalue weighted by molar-refractivity contribution is -0.139. The van der Waals surface area contributed by atoms with E-state index in [1.165, 1.54) is 14.2 Å². The van der Waals surface area contributed by atoms with E-state index in [4.69, 9.17) is 14.2 Å². The molecule has 0 aliphatic carbocycles. The average Bonchev–Trinajstić information content (AvgIpc) is 3.25. The fourth-order valence-corrected chi connectivity index (χ4v) is 3.66. The molecule has 0 amide bonds.